The van der Waals surface area contributed by atoms with Crippen LogP contribution in [0.25, 0.3) is 257 Å². The fourth-order valence-electron chi connectivity index (χ4n) is 18.6. The van der Waals surface area contributed by atoms with Crippen LogP contribution in [-0.2, 0) is 0 Å². The number of aromatic nitrogens is 12. The van der Waals surface area contributed by atoms with Crippen LogP contribution in [0.4, 0.5) is 0 Å². The average molecular weight is 1810 g/mol. The molecule has 0 spiro atoms. The van der Waals surface area contributed by atoms with Crippen molar-refractivity contribution < 1.29 is 0 Å². The van der Waals surface area contributed by atoms with E-state index in [-0.39, 0.29) is 0 Å². The number of benzene rings is 20. The van der Waals surface area contributed by atoms with Crippen LogP contribution in [0.1, 0.15) is 0 Å². The lowest BCUT2D eigenvalue weighted by molar-refractivity contribution is 1.18. The van der Waals surface area contributed by atoms with E-state index in [9.17, 15) is 0 Å². The van der Waals surface area contributed by atoms with Crippen LogP contribution in [0.5, 0.6) is 0 Å². The number of hydrogen-bond donors (Lipinski definition) is 0. The first-order valence-corrected chi connectivity index (χ1v) is 47.4. The molecule has 0 N–H and O–H groups in total. The lowest BCUT2D eigenvalue weighted by Crippen LogP contribution is -1.97. The molecule has 0 radical (unpaired) electrons. The summed E-state index contributed by atoms with van der Waals surface area (Å²) < 4.78 is 0. The first-order valence-electron chi connectivity index (χ1n) is 47.4. The minimum absolute atomic E-state index is 0.660. The van der Waals surface area contributed by atoms with Crippen LogP contribution in [0.15, 0.2) is 510 Å². The third kappa shape index (κ3) is 17.7. The predicted molar refractivity (Wildman–Crippen MR) is 582 cm³/mol. The highest BCUT2D eigenvalue weighted by Gasteiger charge is 2.23. The van der Waals surface area contributed by atoms with Crippen LogP contribution in [-0.4, -0.2) is 59.8 Å². The molecule has 0 aliphatic heterocycles. The molecule has 26 aromatic rings. The van der Waals surface area contributed by atoms with Gasteiger partial charge in [-0.25, -0.2) is 59.8 Å². The molecular weight excluding hydrogens is 1730 g/mol. The number of rotatable bonds is 16. The molecule has 12 nitrogen and oxygen atoms in total. The van der Waals surface area contributed by atoms with Gasteiger partial charge in [-0.3, -0.25) is 0 Å². The van der Waals surface area contributed by atoms with Gasteiger partial charge >= 0.3 is 0 Å². The van der Waals surface area contributed by atoms with Crippen molar-refractivity contribution >= 4 is 75.8 Å². The van der Waals surface area contributed by atoms with Crippen molar-refractivity contribution in [2.75, 3.05) is 0 Å². The minimum atomic E-state index is 0.660. The van der Waals surface area contributed by atoms with Crippen molar-refractivity contribution in [3.8, 4) is 181 Å². The standard InChI is InChI=1S/C46H30N4.C44H28N4.C40H26N4/c1-5-13-31(14-6-1)32-21-24-35(25-22-32)42-30-41(34-15-7-2-8-16-34)47-46(48-42)38-26-23-33-27-28-39-43(36-17-9-3-10-18-36)49-45(37-19-11-4-12-20-37)50-44(39)40(33)29-38;1-4-13-31(14-5-1)41-37-25-24-30-21-23-36(27-38(30)42(37)48-44(47-41)33-17-8-3-9-18-33)40-28-39(45-43(46-40)32-15-6-2-7-16-32)35-22-20-29-12-10-11-19-34(29)26-35;1-5-13-28(14-6-1)35-26-36(42-39(41-35)30-17-9-3-10-18-30)32-22-21-27-23-24-33-37(29-15-7-2-8-16-29)43-40(31-19-11-4-12-20-31)44-38(33)34(27)25-32/h1-30H;1-28H;1-26H. The highest BCUT2D eigenvalue weighted by molar-refractivity contribution is 6.14. The molecule has 0 fully saturated rings. The summed E-state index contributed by atoms with van der Waals surface area (Å²) >= 11 is 0. The van der Waals surface area contributed by atoms with E-state index in [4.69, 9.17) is 59.8 Å². The molecule has 0 saturated carbocycles. The molecule has 0 amide bonds. The predicted octanol–water partition coefficient (Wildman–Crippen LogP) is 32.5. The molecule has 664 valence electrons. The molecule has 12 heteroatoms. The largest absolute Gasteiger partial charge is 0.228 e. The summed E-state index contributed by atoms with van der Waals surface area (Å²) in [6.07, 6.45) is 0. The maximum absolute atomic E-state index is 5.21. The fourth-order valence-corrected chi connectivity index (χ4v) is 18.6. The van der Waals surface area contributed by atoms with Crippen molar-refractivity contribution in [2.24, 2.45) is 0 Å². The Labute approximate surface area is 820 Å². The van der Waals surface area contributed by atoms with Crippen molar-refractivity contribution in [3.05, 3.63) is 510 Å². The maximum atomic E-state index is 5.21. The van der Waals surface area contributed by atoms with E-state index in [0.29, 0.717) is 34.9 Å². The van der Waals surface area contributed by atoms with Crippen molar-refractivity contribution in [1.29, 1.82) is 0 Å². The molecule has 0 bridgehead atoms. The Bertz CT molecular complexity index is 9090. The summed E-state index contributed by atoms with van der Waals surface area (Å²) in [5, 5.41) is 11.8. The quantitative estimate of drug-likeness (QED) is 0.0846. The molecule has 26 rings (SSSR count). The third-order valence-corrected chi connectivity index (χ3v) is 25.9. The first kappa shape index (κ1) is 85.6. The molecule has 0 aliphatic carbocycles. The molecule has 142 heavy (non-hydrogen) atoms. The highest BCUT2D eigenvalue weighted by Crippen LogP contribution is 2.43. The first-order chi connectivity index (χ1) is 70.3. The average Bonchev–Trinajstić information content (AvgIpc) is 0.754. The Hall–Kier alpha value is -19.3. The Morgan fingerprint density at radius 2 is 0.296 bits per heavy atom. The van der Waals surface area contributed by atoms with Gasteiger partial charge in [0, 0.05) is 116 Å². The van der Waals surface area contributed by atoms with Gasteiger partial charge in [-0.05, 0) is 98.7 Å². The van der Waals surface area contributed by atoms with Crippen LogP contribution in [0.3, 0.4) is 0 Å². The van der Waals surface area contributed by atoms with Crippen molar-refractivity contribution in [1.82, 2.24) is 59.8 Å². The molecule has 20 aromatic carbocycles. The zero-order valence-corrected chi connectivity index (χ0v) is 76.9. The summed E-state index contributed by atoms with van der Waals surface area (Å²) in [5.41, 5.74) is 28.2. The van der Waals surface area contributed by atoms with Crippen LogP contribution in [0.2, 0.25) is 0 Å². The highest BCUT2D eigenvalue weighted by atomic mass is 14.9. The zero-order chi connectivity index (χ0) is 94.4. The van der Waals surface area contributed by atoms with E-state index in [1.165, 1.54) is 21.9 Å². The summed E-state index contributed by atoms with van der Waals surface area (Å²) in [5.74, 6) is 4.14. The second-order valence-corrected chi connectivity index (χ2v) is 34.9. The second kappa shape index (κ2) is 38.5. The van der Waals surface area contributed by atoms with Gasteiger partial charge in [0.15, 0.2) is 34.9 Å². The molecule has 0 saturated heterocycles. The molecular formula is C130H84N12. The monoisotopic (exact) mass is 1810 g/mol. The Balaban J connectivity index is 0.000000115. The second-order valence-electron chi connectivity index (χ2n) is 34.9. The van der Waals surface area contributed by atoms with E-state index >= 15 is 0 Å². The van der Waals surface area contributed by atoms with Gasteiger partial charge in [0.25, 0.3) is 0 Å². The van der Waals surface area contributed by atoms with E-state index in [1.807, 2.05) is 164 Å². The van der Waals surface area contributed by atoms with Crippen LogP contribution >= 0.6 is 0 Å². The normalized spacial score (nSPS) is 11.2. The van der Waals surface area contributed by atoms with Crippen LogP contribution < -0.4 is 0 Å². The lowest BCUT2D eigenvalue weighted by Gasteiger charge is -2.13. The van der Waals surface area contributed by atoms with Crippen LogP contribution in [0, 0.1) is 0 Å². The number of nitrogens with zero attached hydrogens (tertiary/aromatic N) is 12. The zero-order valence-electron chi connectivity index (χ0n) is 76.9. The molecule has 6 aromatic heterocycles. The summed E-state index contributed by atoms with van der Waals surface area (Å²) in [7, 11) is 0. The summed E-state index contributed by atoms with van der Waals surface area (Å²) in [6.45, 7) is 0. The Kier molecular flexibility index (Phi) is 23.2. The van der Waals surface area contributed by atoms with E-state index < -0.39 is 0 Å². The number of hydrogen-bond acceptors (Lipinski definition) is 12. The topological polar surface area (TPSA) is 155 Å². The van der Waals surface area contributed by atoms with Gasteiger partial charge in [0.1, 0.15) is 0 Å². The molecule has 0 aliphatic rings. The summed E-state index contributed by atoms with van der Waals surface area (Å²) in [6, 6.07) is 175. The SMILES string of the molecule is c1ccc(-c2cc(-c3ccc4ccc5c(-c6ccccc6)nc(-c6ccccc6)nc5c4c3)nc(-c3ccccc3)n2)cc1.c1ccc(-c2ccc(-c3cc(-c4ccccc4)nc(-c4ccc5ccc6c(-c7ccccc7)nc(-c7ccccc7)nc6c5c4)n3)cc2)cc1.c1ccc(-c2nc(-c3ccc4ccccc4c3)cc(-c3ccc4ccc5c(-c6ccccc6)nc(-c6ccccc6)nc5c4c3)n2)cc1. The molecule has 0 unspecified atom stereocenters. The maximum Gasteiger partial charge on any atom is 0.160 e. The van der Waals surface area contributed by atoms with Crippen molar-refractivity contribution in [2.45, 2.75) is 0 Å². The minimum Gasteiger partial charge on any atom is -0.228 e. The summed E-state index contributed by atoms with van der Waals surface area (Å²) in [4.78, 5) is 61.5. The van der Waals surface area contributed by atoms with Gasteiger partial charge in [0.05, 0.1) is 67.8 Å². The van der Waals surface area contributed by atoms with Gasteiger partial charge in [-0.2, -0.15) is 0 Å². The van der Waals surface area contributed by atoms with E-state index in [0.717, 1.165) is 200 Å². The smallest absolute Gasteiger partial charge is 0.160 e. The van der Waals surface area contributed by atoms with E-state index in [1.54, 1.807) is 0 Å². The fraction of sp³-hybridized carbons (Fsp3) is 0. The third-order valence-electron chi connectivity index (χ3n) is 25.9. The van der Waals surface area contributed by atoms with Crippen molar-refractivity contribution in [3.63, 3.8) is 0 Å². The Morgan fingerprint density at radius 3 is 0.613 bits per heavy atom. The molecule has 6 heterocycles. The van der Waals surface area contributed by atoms with E-state index in [2.05, 4.69) is 346 Å². The van der Waals surface area contributed by atoms with Gasteiger partial charge < -0.3 is 0 Å². The van der Waals surface area contributed by atoms with Gasteiger partial charge in [-0.15, -0.1) is 0 Å². The molecule has 0 atom stereocenters. The number of fused-ring (bicyclic) bond motifs is 10. The van der Waals surface area contributed by atoms with Gasteiger partial charge in [0.2, 0.25) is 0 Å². The lowest BCUT2D eigenvalue weighted by atomic mass is 9.98. The van der Waals surface area contributed by atoms with Gasteiger partial charge in [-0.1, -0.05) is 449 Å². The Morgan fingerprint density at radius 1 is 0.0986 bits per heavy atom.